The number of carbonyl (C=O) groups is 5. The molecule has 0 fully saturated rings. The number of ether oxygens (including phenoxy) is 4. The molecule has 0 aliphatic carbocycles. The van der Waals surface area contributed by atoms with E-state index in [1.807, 2.05) is 19.9 Å². The van der Waals surface area contributed by atoms with Gasteiger partial charge < -0.3 is 34.3 Å². The number of hydrogen-bond donors (Lipinski definition) is 3. The average Bonchev–Trinajstić information content (AvgIpc) is 3.85. The third kappa shape index (κ3) is 34.8. The molecular formula is C66H112O12. The first-order chi connectivity index (χ1) is 37.7. The van der Waals surface area contributed by atoms with Crippen molar-refractivity contribution in [3.05, 3.63) is 33.9 Å². The number of phenolic OH excluding ortho intramolecular Hbond substituents is 1. The van der Waals surface area contributed by atoms with Gasteiger partial charge in [-0.25, -0.2) is 4.79 Å². The van der Waals surface area contributed by atoms with Gasteiger partial charge >= 0.3 is 29.8 Å². The summed E-state index contributed by atoms with van der Waals surface area (Å²) in [5, 5.41) is 28.4. The molecule has 12 heteroatoms. The highest BCUT2D eigenvalue weighted by molar-refractivity contribution is 5.98. The van der Waals surface area contributed by atoms with E-state index >= 15 is 0 Å². The van der Waals surface area contributed by atoms with Crippen LogP contribution in [0.3, 0.4) is 0 Å². The van der Waals surface area contributed by atoms with Crippen molar-refractivity contribution in [2.45, 2.75) is 317 Å². The van der Waals surface area contributed by atoms with Gasteiger partial charge in [-0.3, -0.25) is 19.2 Å². The Morgan fingerprint density at radius 3 is 1.37 bits per heavy atom. The first kappa shape index (κ1) is 70.0. The lowest BCUT2D eigenvalue weighted by atomic mass is 9.94. The zero-order chi connectivity index (χ0) is 57.0. The highest BCUT2D eigenvalue weighted by atomic mass is 16.5. The van der Waals surface area contributed by atoms with Gasteiger partial charge in [0.2, 0.25) is 0 Å². The maximum atomic E-state index is 13.3. The molecule has 0 saturated carbocycles. The number of allylic oxidation sites excluding steroid dienone is 2. The number of benzene rings is 1. The van der Waals surface area contributed by atoms with E-state index in [0.29, 0.717) is 67.4 Å². The number of hydrogen-bond acceptors (Lipinski definition) is 10. The summed E-state index contributed by atoms with van der Waals surface area (Å²) in [6.07, 6.45) is 47.7. The van der Waals surface area contributed by atoms with Crippen molar-refractivity contribution in [1.82, 2.24) is 0 Å². The summed E-state index contributed by atoms with van der Waals surface area (Å²) >= 11 is 0. The second-order valence-electron chi connectivity index (χ2n) is 23.5. The Hall–Kier alpha value is -4.09. The van der Waals surface area contributed by atoms with E-state index in [2.05, 4.69) is 13.8 Å². The van der Waals surface area contributed by atoms with Crippen LogP contribution >= 0.6 is 0 Å². The van der Waals surface area contributed by atoms with Crippen LogP contribution < -0.4 is 4.74 Å². The normalized spacial score (nSPS) is 13.2. The van der Waals surface area contributed by atoms with Crippen LogP contribution in [0.2, 0.25) is 0 Å². The van der Waals surface area contributed by atoms with Gasteiger partial charge in [0, 0.05) is 36.8 Å². The van der Waals surface area contributed by atoms with E-state index in [4.69, 9.17) is 29.2 Å². The number of cyclic esters (lactones) is 1. The molecule has 1 aromatic carbocycles. The highest BCUT2D eigenvalue weighted by Gasteiger charge is 2.32. The van der Waals surface area contributed by atoms with Crippen LogP contribution in [0.15, 0.2) is 11.6 Å². The van der Waals surface area contributed by atoms with E-state index in [9.17, 15) is 29.1 Å². The zero-order valence-electron chi connectivity index (χ0n) is 50.1. The van der Waals surface area contributed by atoms with Crippen LogP contribution in [-0.2, 0) is 46.4 Å². The summed E-state index contributed by atoms with van der Waals surface area (Å²) < 4.78 is 22.6. The van der Waals surface area contributed by atoms with Gasteiger partial charge in [-0.2, -0.15) is 0 Å². The zero-order valence-corrected chi connectivity index (χ0v) is 50.1. The predicted molar refractivity (Wildman–Crippen MR) is 314 cm³/mol. The first-order valence-corrected chi connectivity index (χ1v) is 31.8. The molecular weight excluding hydrogens is 985 g/mol. The SMILES string of the molecule is COc1c(C)c2c(c(O)c1C/C=C(\C)CCC(=O)OCC(C)CCCCCCCC(C)CC(=O)OC(CCCCCCCCCCCCCCCCC(=O)O)CCCCCCCCCCCCCCCCC(=O)O)C(=O)OC2. The molecule has 12 nitrogen and oxygen atoms in total. The molecule has 78 heavy (non-hydrogen) atoms. The van der Waals surface area contributed by atoms with Crippen LogP contribution in [0.5, 0.6) is 11.5 Å². The Kier molecular flexibility index (Phi) is 40.9. The second kappa shape index (κ2) is 45.6. The Morgan fingerprint density at radius 1 is 0.551 bits per heavy atom. The molecule has 2 atom stereocenters. The topological polar surface area (TPSA) is 183 Å². The van der Waals surface area contributed by atoms with Gasteiger partial charge in [-0.15, -0.1) is 0 Å². The Morgan fingerprint density at radius 2 is 0.949 bits per heavy atom. The quantitative estimate of drug-likeness (QED) is 0.0243. The molecule has 2 unspecified atom stereocenters. The van der Waals surface area contributed by atoms with Crippen molar-refractivity contribution in [2.75, 3.05) is 13.7 Å². The smallest absolute Gasteiger partial charge is 0.342 e. The van der Waals surface area contributed by atoms with Gasteiger partial charge in [0.1, 0.15) is 29.8 Å². The van der Waals surface area contributed by atoms with Crippen molar-refractivity contribution in [3.63, 3.8) is 0 Å². The van der Waals surface area contributed by atoms with Gasteiger partial charge in [-0.1, -0.05) is 218 Å². The summed E-state index contributed by atoms with van der Waals surface area (Å²) in [5.74, 6) is -1.07. The summed E-state index contributed by atoms with van der Waals surface area (Å²) in [7, 11) is 1.55. The molecule has 0 radical (unpaired) electrons. The molecule has 448 valence electrons. The molecule has 3 N–H and O–H groups in total. The van der Waals surface area contributed by atoms with Crippen LogP contribution in [-0.4, -0.2) is 65.0 Å². The van der Waals surface area contributed by atoms with Crippen LogP contribution in [0, 0.1) is 18.8 Å². The van der Waals surface area contributed by atoms with E-state index in [1.165, 1.54) is 128 Å². The molecule has 0 spiro atoms. The summed E-state index contributed by atoms with van der Waals surface area (Å²) in [6.45, 7) is 8.68. The number of aliphatic carboxylic acids is 2. The maximum Gasteiger partial charge on any atom is 0.342 e. The minimum absolute atomic E-state index is 0.0243. The van der Waals surface area contributed by atoms with Gasteiger partial charge in [0.15, 0.2) is 0 Å². The number of methoxy groups -OCH3 is 1. The van der Waals surface area contributed by atoms with Crippen LogP contribution in [0.25, 0.3) is 0 Å². The maximum absolute atomic E-state index is 13.3. The minimum Gasteiger partial charge on any atom is -0.507 e. The van der Waals surface area contributed by atoms with E-state index < -0.39 is 17.9 Å². The van der Waals surface area contributed by atoms with Gasteiger partial charge in [0.25, 0.3) is 0 Å². The fraction of sp³-hybridized carbons (Fsp3) is 0.803. The number of carboxylic acids is 2. The number of phenols is 1. The largest absolute Gasteiger partial charge is 0.507 e. The van der Waals surface area contributed by atoms with Crippen LogP contribution in [0.1, 0.15) is 317 Å². The third-order valence-corrected chi connectivity index (χ3v) is 16.1. The Labute approximate surface area is 473 Å². The molecule has 2 rings (SSSR count). The molecule has 0 amide bonds. The lowest BCUT2D eigenvalue weighted by molar-refractivity contribution is -0.151. The third-order valence-electron chi connectivity index (χ3n) is 16.1. The molecule has 0 saturated heterocycles. The number of aromatic hydroxyl groups is 1. The van der Waals surface area contributed by atoms with Crippen molar-refractivity contribution in [1.29, 1.82) is 0 Å². The lowest BCUT2D eigenvalue weighted by Crippen LogP contribution is -2.20. The number of esters is 3. The Bertz CT molecular complexity index is 1770. The molecule has 1 aliphatic rings. The fourth-order valence-corrected chi connectivity index (χ4v) is 11.0. The molecule has 1 aromatic rings. The summed E-state index contributed by atoms with van der Waals surface area (Å²) in [4.78, 5) is 59.4. The summed E-state index contributed by atoms with van der Waals surface area (Å²) in [5.41, 5.74) is 3.19. The number of unbranched alkanes of at least 4 members (excludes halogenated alkanes) is 30. The fourth-order valence-electron chi connectivity index (χ4n) is 11.0. The molecule has 0 bridgehead atoms. The monoisotopic (exact) mass is 1100 g/mol. The lowest BCUT2D eigenvalue weighted by Gasteiger charge is -2.19. The Balaban J connectivity index is 1.60. The molecule has 0 aromatic heterocycles. The minimum atomic E-state index is -0.683. The number of rotatable bonds is 53. The van der Waals surface area contributed by atoms with E-state index in [0.717, 1.165) is 120 Å². The molecule has 1 heterocycles. The highest BCUT2D eigenvalue weighted by Crippen LogP contribution is 2.42. The summed E-state index contributed by atoms with van der Waals surface area (Å²) in [6, 6.07) is 0. The average molecular weight is 1100 g/mol. The van der Waals surface area contributed by atoms with Gasteiger partial charge in [-0.05, 0) is 89.0 Å². The van der Waals surface area contributed by atoms with E-state index in [1.54, 1.807) is 7.11 Å². The van der Waals surface area contributed by atoms with Crippen molar-refractivity contribution < 1.29 is 58.2 Å². The second-order valence-corrected chi connectivity index (χ2v) is 23.5. The predicted octanol–water partition coefficient (Wildman–Crippen LogP) is 18.1. The number of carboxylic acid groups (broad SMARTS) is 2. The number of fused-ring (bicyclic) bond motifs is 1. The standard InChI is InChI=1S/C66H112O12/c1-52(45-47-57-64(73)63-58(51-77-66(63)74)55(4)65(57)75-5)46-48-61(71)76-50-54(3)40-34-28-26-27-33-39-53(2)49-62(72)78-56(41-35-29-22-18-14-10-6-8-12-16-20-24-31-37-43-59(67)68)42-36-30-23-19-15-11-7-9-13-17-21-25-32-38-44-60(69)70/h45,53-54,56,73H,6-44,46-51H2,1-5H3,(H,67,68)(H,69,70)/b52-45+. The number of carbonyl (C=O) groups excluding carboxylic acids is 3. The van der Waals surface area contributed by atoms with Crippen molar-refractivity contribution >= 4 is 29.8 Å². The first-order valence-electron chi connectivity index (χ1n) is 31.8. The van der Waals surface area contributed by atoms with E-state index in [-0.39, 0.29) is 42.4 Å². The molecule has 1 aliphatic heterocycles. The van der Waals surface area contributed by atoms with Crippen molar-refractivity contribution in [2.24, 2.45) is 11.8 Å². The van der Waals surface area contributed by atoms with Gasteiger partial charge in [0.05, 0.1) is 13.7 Å². The van der Waals surface area contributed by atoms with Crippen LogP contribution in [0.4, 0.5) is 0 Å². The van der Waals surface area contributed by atoms with Crippen molar-refractivity contribution in [3.8, 4) is 11.5 Å².